The summed E-state index contributed by atoms with van der Waals surface area (Å²) in [6.45, 7) is 1.81. The molecule has 1 rings (SSSR count). The van der Waals surface area contributed by atoms with E-state index in [-0.39, 0.29) is 19.0 Å². The summed E-state index contributed by atoms with van der Waals surface area (Å²) in [5.41, 5.74) is 2.81. The zero-order valence-corrected chi connectivity index (χ0v) is 9.99. The summed E-state index contributed by atoms with van der Waals surface area (Å²) < 4.78 is 4.62. The fourth-order valence-electron chi connectivity index (χ4n) is 1.84. The first-order valence-electron chi connectivity index (χ1n) is 5.38. The molecule has 4 nitrogen and oxygen atoms in total. The van der Waals surface area contributed by atoms with Crippen LogP contribution >= 0.6 is 0 Å². The van der Waals surface area contributed by atoms with Crippen molar-refractivity contribution >= 4 is 5.97 Å². The molecule has 1 N–H and O–H groups in total. The molecule has 1 aromatic carbocycles. The predicted octanol–water partition coefficient (Wildman–Crippen LogP) is 1.33. The number of nitrogens with zero attached hydrogens (tertiary/aromatic N) is 1. The van der Waals surface area contributed by atoms with Gasteiger partial charge in [-0.2, -0.15) is 5.26 Å². The van der Waals surface area contributed by atoms with Crippen LogP contribution in [0, 0.1) is 11.3 Å². The maximum Gasteiger partial charge on any atom is 0.309 e. The Kier molecular flexibility index (Phi) is 4.68. The molecule has 4 heteroatoms. The van der Waals surface area contributed by atoms with E-state index in [1.807, 2.05) is 13.0 Å². The lowest BCUT2D eigenvalue weighted by atomic mass is 9.94. The van der Waals surface area contributed by atoms with Crippen molar-refractivity contribution in [3.8, 4) is 6.07 Å². The van der Waals surface area contributed by atoms with E-state index in [4.69, 9.17) is 5.26 Å². The maximum atomic E-state index is 11.3. The van der Waals surface area contributed by atoms with E-state index in [9.17, 15) is 9.90 Å². The van der Waals surface area contributed by atoms with Crippen LogP contribution in [0.25, 0.3) is 0 Å². The van der Waals surface area contributed by atoms with Crippen molar-refractivity contribution in [3.63, 3.8) is 0 Å². The Bertz CT molecular complexity index is 460. The summed E-state index contributed by atoms with van der Waals surface area (Å²) in [6.07, 6.45) is 0.829. The Morgan fingerprint density at radius 3 is 2.59 bits per heavy atom. The van der Waals surface area contributed by atoms with Gasteiger partial charge in [0.05, 0.1) is 31.8 Å². The molecule has 0 aromatic heterocycles. The number of hydrogen-bond acceptors (Lipinski definition) is 4. The zero-order valence-electron chi connectivity index (χ0n) is 9.99. The van der Waals surface area contributed by atoms with Crippen LogP contribution in [0.4, 0.5) is 0 Å². The molecule has 0 saturated carbocycles. The first-order valence-corrected chi connectivity index (χ1v) is 5.38. The molecular formula is C13H15NO3. The van der Waals surface area contributed by atoms with Gasteiger partial charge >= 0.3 is 5.97 Å². The molecule has 17 heavy (non-hydrogen) atoms. The Morgan fingerprint density at radius 1 is 1.47 bits per heavy atom. The molecule has 0 amide bonds. The van der Waals surface area contributed by atoms with Crippen molar-refractivity contribution in [2.75, 3.05) is 7.11 Å². The summed E-state index contributed by atoms with van der Waals surface area (Å²) in [5.74, 6) is -0.348. The summed E-state index contributed by atoms with van der Waals surface area (Å²) in [7, 11) is 1.33. The van der Waals surface area contributed by atoms with Crippen molar-refractivity contribution in [3.05, 3.63) is 34.4 Å². The number of esters is 1. The fraction of sp³-hybridized carbons (Fsp3) is 0.385. The lowest BCUT2D eigenvalue weighted by molar-refractivity contribution is -0.139. The highest BCUT2D eigenvalue weighted by Crippen LogP contribution is 2.19. The number of aliphatic hydroxyl groups is 1. The Morgan fingerprint density at radius 2 is 2.12 bits per heavy atom. The van der Waals surface area contributed by atoms with E-state index in [1.54, 1.807) is 12.1 Å². The number of rotatable bonds is 4. The van der Waals surface area contributed by atoms with Gasteiger partial charge in [0.1, 0.15) is 0 Å². The molecule has 0 aliphatic heterocycles. The molecule has 0 spiro atoms. The summed E-state index contributed by atoms with van der Waals surface area (Å²) in [6, 6.07) is 5.35. The number of ether oxygens (including phenoxy) is 1. The van der Waals surface area contributed by atoms with Gasteiger partial charge in [0.25, 0.3) is 0 Å². The molecule has 1 aromatic rings. The topological polar surface area (TPSA) is 70.3 Å². The molecule has 0 unspecified atom stereocenters. The van der Waals surface area contributed by atoms with Gasteiger partial charge < -0.3 is 9.84 Å². The van der Waals surface area contributed by atoms with E-state index >= 15 is 0 Å². The predicted molar refractivity (Wildman–Crippen MR) is 62.2 cm³/mol. The number of benzene rings is 1. The molecular weight excluding hydrogens is 218 g/mol. The van der Waals surface area contributed by atoms with Gasteiger partial charge in [-0.1, -0.05) is 6.92 Å². The minimum Gasteiger partial charge on any atom is -0.469 e. The number of carbonyl (C=O) groups is 1. The number of aliphatic hydroxyl groups excluding tert-OH is 1. The fourth-order valence-corrected chi connectivity index (χ4v) is 1.84. The second-order valence-corrected chi connectivity index (χ2v) is 3.65. The first-order chi connectivity index (χ1) is 8.15. The van der Waals surface area contributed by atoms with Gasteiger partial charge in [-0.3, -0.25) is 4.79 Å². The standard InChI is InChI=1S/C13H15NO3/c1-3-12-10(6-13(16)17-2)4-9(7-14)5-11(12)8-15/h4-5,15H,3,6,8H2,1-2H3. The Balaban J connectivity index is 3.25. The van der Waals surface area contributed by atoms with Crippen LogP contribution in [0.5, 0.6) is 0 Å². The minimum atomic E-state index is -0.348. The van der Waals surface area contributed by atoms with Crippen LogP contribution in [0.15, 0.2) is 12.1 Å². The molecule has 0 radical (unpaired) electrons. The van der Waals surface area contributed by atoms with Gasteiger partial charge in [0.2, 0.25) is 0 Å². The van der Waals surface area contributed by atoms with E-state index in [1.165, 1.54) is 7.11 Å². The van der Waals surface area contributed by atoms with E-state index in [2.05, 4.69) is 4.74 Å². The molecule has 0 heterocycles. The number of methoxy groups -OCH3 is 1. The van der Waals surface area contributed by atoms with Gasteiger partial charge in [0.15, 0.2) is 0 Å². The molecule has 0 aliphatic carbocycles. The molecule has 90 valence electrons. The highest BCUT2D eigenvalue weighted by Gasteiger charge is 2.12. The van der Waals surface area contributed by atoms with Crippen molar-refractivity contribution < 1.29 is 14.6 Å². The second kappa shape index (κ2) is 6.02. The lowest BCUT2D eigenvalue weighted by Crippen LogP contribution is -2.09. The largest absolute Gasteiger partial charge is 0.469 e. The Labute approximate surface area is 100 Å². The minimum absolute atomic E-state index is 0.127. The monoisotopic (exact) mass is 233 g/mol. The van der Waals surface area contributed by atoms with Crippen LogP contribution < -0.4 is 0 Å². The third kappa shape index (κ3) is 3.05. The van der Waals surface area contributed by atoms with Crippen LogP contribution in [0.3, 0.4) is 0 Å². The van der Waals surface area contributed by atoms with Gasteiger partial charge in [-0.05, 0) is 35.2 Å². The average molecular weight is 233 g/mol. The van der Waals surface area contributed by atoms with Crippen molar-refractivity contribution in [1.29, 1.82) is 5.26 Å². The van der Waals surface area contributed by atoms with Crippen molar-refractivity contribution in [2.45, 2.75) is 26.4 Å². The average Bonchev–Trinajstić information content (AvgIpc) is 2.37. The third-order valence-electron chi connectivity index (χ3n) is 2.65. The quantitative estimate of drug-likeness (QED) is 0.796. The number of hydrogen-bond donors (Lipinski definition) is 1. The third-order valence-corrected chi connectivity index (χ3v) is 2.65. The van der Waals surface area contributed by atoms with Crippen LogP contribution in [-0.4, -0.2) is 18.2 Å². The number of nitriles is 1. The SMILES string of the molecule is CCc1c(CO)cc(C#N)cc1CC(=O)OC. The van der Waals surface area contributed by atoms with E-state index in [0.717, 1.165) is 11.1 Å². The lowest BCUT2D eigenvalue weighted by Gasteiger charge is -2.12. The molecule has 0 atom stereocenters. The highest BCUT2D eigenvalue weighted by molar-refractivity contribution is 5.73. The normalized spacial score (nSPS) is 9.76. The molecule has 0 saturated heterocycles. The van der Waals surface area contributed by atoms with Gasteiger partial charge in [0, 0.05) is 0 Å². The van der Waals surface area contributed by atoms with Crippen molar-refractivity contribution in [1.82, 2.24) is 0 Å². The van der Waals surface area contributed by atoms with Crippen LogP contribution in [0.2, 0.25) is 0 Å². The van der Waals surface area contributed by atoms with Gasteiger partial charge in [-0.25, -0.2) is 0 Å². The van der Waals surface area contributed by atoms with E-state index in [0.29, 0.717) is 17.5 Å². The molecule has 0 fully saturated rings. The molecule has 0 aliphatic rings. The van der Waals surface area contributed by atoms with Crippen LogP contribution in [-0.2, 0) is 29.0 Å². The van der Waals surface area contributed by atoms with Crippen molar-refractivity contribution in [2.24, 2.45) is 0 Å². The highest BCUT2D eigenvalue weighted by atomic mass is 16.5. The second-order valence-electron chi connectivity index (χ2n) is 3.65. The zero-order chi connectivity index (χ0) is 12.8. The summed E-state index contributed by atoms with van der Waals surface area (Å²) in [5, 5.41) is 18.1. The molecule has 0 bridgehead atoms. The summed E-state index contributed by atoms with van der Waals surface area (Å²) >= 11 is 0. The summed E-state index contributed by atoms with van der Waals surface area (Å²) in [4.78, 5) is 11.3. The maximum absolute atomic E-state index is 11.3. The smallest absolute Gasteiger partial charge is 0.309 e. The Hall–Kier alpha value is -1.86. The first kappa shape index (κ1) is 13.2. The number of carbonyl (C=O) groups excluding carboxylic acids is 1. The van der Waals surface area contributed by atoms with E-state index < -0.39 is 0 Å². The van der Waals surface area contributed by atoms with Crippen LogP contribution in [0.1, 0.15) is 29.2 Å². The van der Waals surface area contributed by atoms with Gasteiger partial charge in [-0.15, -0.1) is 0 Å².